The van der Waals surface area contributed by atoms with Gasteiger partial charge in [0.1, 0.15) is 5.65 Å². The predicted molar refractivity (Wildman–Crippen MR) is 111 cm³/mol. The molecule has 2 aromatic heterocycles. The van der Waals surface area contributed by atoms with Crippen molar-refractivity contribution < 1.29 is 0 Å². The van der Waals surface area contributed by atoms with E-state index in [1.165, 1.54) is 0 Å². The van der Waals surface area contributed by atoms with Crippen LogP contribution in [0.4, 0.5) is 0 Å². The number of hydrogen-bond acceptors (Lipinski definition) is 2. The van der Waals surface area contributed by atoms with Crippen LogP contribution in [0.3, 0.4) is 0 Å². The molecule has 0 radical (unpaired) electrons. The van der Waals surface area contributed by atoms with Gasteiger partial charge in [0.05, 0.1) is 17.9 Å². The van der Waals surface area contributed by atoms with Crippen LogP contribution in [0.25, 0.3) is 28.2 Å². The van der Waals surface area contributed by atoms with E-state index >= 15 is 0 Å². The van der Waals surface area contributed by atoms with Crippen LogP contribution in [0, 0.1) is 11.8 Å². The second-order valence-electron chi connectivity index (χ2n) is 6.73. The minimum absolute atomic E-state index is 0.739. The van der Waals surface area contributed by atoms with Crippen molar-refractivity contribution in [2.45, 2.75) is 0 Å². The van der Waals surface area contributed by atoms with Crippen molar-refractivity contribution in [1.29, 1.82) is 0 Å². The molecule has 2 heterocycles. The Bertz CT molecular complexity index is 1110. The zero-order valence-corrected chi connectivity index (χ0v) is 15.6. The van der Waals surface area contributed by atoms with E-state index in [0.717, 1.165) is 40.3 Å². The van der Waals surface area contributed by atoms with Crippen molar-refractivity contribution in [2.24, 2.45) is 0 Å². The van der Waals surface area contributed by atoms with Gasteiger partial charge in [-0.3, -0.25) is 9.30 Å². The fraction of sp³-hybridized carbons (Fsp3) is 0.125. The van der Waals surface area contributed by atoms with Crippen LogP contribution in [0.2, 0.25) is 0 Å². The molecule has 0 fully saturated rings. The maximum absolute atomic E-state index is 4.92. The highest BCUT2D eigenvalue weighted by Gasteiger charge is 2.15. The topological polar surface area (TPSA) is 20.5 Å². The number of hydrogen-bond donors (Lipinski definition) is 0. The maximum atomic E-state index is 4.92. The molecule has 0 bridgehead atoms. The Balaban J connectivity index is 1.91. The summed E-state index contributed by atoms with van der Waals surface area (Å²) in [6.07, 6.45) is 2.08. The van der Waals surface area contributed by atoms with Crippen molar-refractivity contribution in [3.63, 3.8) is 0 Å². The standard InChI is InChI=1S/C24H21N3/c1-26(2)17-9-10-19-15-16-22-25-23(20-11-5-3-6-12-20)24(27(22)18-19)21-13-7-4-8-14-21/h3-8,11-16,18H,17H2,1-2H3. The molecule has 27 heavy (non-hydrogen) atoms. The third-order valence-electron chi connectivity index (χ3n) is 4.34. The van der Waals surface area contributed by atoms with Crippen molar-refractivity contribution in [2.75, 3.05) is 20.6 Å². The quantitative estimate of drug-likeness (QED) is 0.504. The van der Waals surface area contributed by atoms with Crippen LogP contribution in [0.1, 0.15) is 5.56 Å². The van der Waals surface area contributed by atoms with Crippen LogP contribution in [-0.2, 0) is 0 Å². The van der Waals surface area contributed by atoms with Gasteiger partial charge in [-0.05, 0) is 26.2 Å². The SMILES string of the molecule is CN(C)CC#Cc1ccc2nc(-c3ccccc3)c(-c3ccccc3)n2c1. The first kappa shape index (κ1) is 17.1. The zero-order valence-electron chi connectivity index (χ0n) is 15.6. The van der Waals surface area contributed by atoms with E-state index in [0.29, 0.717) is 0 Å². The molecule has 0 aliphatic rings. The summed E-state index contributed by atoms with van der Waals surface area (Å²) in [6.45, 7) is 0.739. The molecule has 0 atom stereocenters. The minimum Gasteiger partial charge on any atom is -0.299 e. The van der Waals surface area contributed by atoms with Crippen molar-refractivity contribution in [3.8, 4) is 34.4 Å². The number of nitrogens with zero attached hydrogens (tertiary/aromatic N) is 3. The first-order valence-electron chi connectivity index (χ1n) is 8.99. The first-order valence-corrected chi connectivity index (χ1v) is 8.99. The van der Waals surface area contributed by atoms with Gasteiger partial charge in [-0.15, -0.1) is 0 Å². The lowest BCUT2D eigenvalue weighted by Gasteiger charge is -2.06. The average Bonchev–Trinajstić information content (AvgIpc) is 3.08. The molecule has 4 rings (SSSR count). The molecule has 2 aromatic carbocycles. The highest BCUT2D eigenvalue weighted by Crippen LogP contribution is 2.32. The van der Waals surface area contributed by atoms with Gasteiger partial charge >= 0.3 is 0 Å². The van der Waals surface area contributed by atoms with E-state index in [1.54, 1.807) is 0 Å². The molecule has 4 aromatic rings. The molecule has 0 unspecified atom stereocenters. The van der Waals surface area contributed by atoms with Gasteiger partial charge < -0.3 is 0 Å². The zero-order chi connectivity index (χ0) is 18.6. The lowest BCUT2D eigenvalue weighted by atomic mass is 10.0. The summed E-state index contributed by atoms with van der Waals surface area (Å²) >= 11 is 0. The Morgan fingerprint density at radius 1 is 0.852 bits per heavy atom. The Morgan fingerprint density at radius 3 is 2.19 bits per heavy atom. The third-order valence-corrected chi connectivity index (χ3v) is 4.34. The second-order valence-corrected chi connectivity index (χ2v) is 6.73. The van der Waals surface area contributed by atoms with Gasteiger partial charge in [-0.1, -0.05) is 72.5 Å². The van der Waals surface area contributed by atoms with Crippen LogP contribution in [-0.4, -0.2) is 34.9 Å². The lowest BCUT2D eigenvalue weighted by Crippen LogP contribution is -2.10. The van der Waals surface area contributed by atoms with Gasteiger partial charge in [0.25, 0.3) is 0 Å². The number of fused-ring (bicyclic) bond motifs is 1. The molecule has 3 heteroatoms. The van der Waals surface area contributed by atoms with Crippen LogP contribution in [0.5, 0.6) is 0 Å². The molecular formula is C24H21N3. The summed E-state index contributed by atoms with van der Waals surface area (Å²) in [6, 6.07) is 24.8. The van der Waals surface area contributed by atoms with Gasteiger partial charge in [0.15, 0.2) is 0 Å². The van der Waals surface area contributed by atoms with Gasteiger partial charge in [-0.2, -0.15) is 0 Å². The predicted octanol–water partition coefficient (Wildman–Crippen LogP) is 4.58. The molecule has 3 nitrogen and oxygen atoms in total. The lowest BCUT2D eigenvalue weighted by molar-refractivity contribution is 0.464. The molecule has 0 spiro atoms. The van der Waals surface area contributed by atoms with E-state index < -0.39 is 0 Å². The Kier molecular flexibility index (Phi) is 4.74. The smallest absolute Gasteiger partial charge is 0.138 e. The summed E-state index contributed by atoms with van der Waals surface area (Å²) in [5, 5.41) is 0. The fourth-order valence-corrected chi connectivity index (χ4v) is 3.09. The summed E-state index contributed by atoms with van der Waals surface area (Å²) in [7, 11) is 4.04. The van der Waals surface area contributed by atoms with Gasteiger partial charge in [0.2, 0.25) is 0 Å². The molecule has 132 valence electrons. The average molecular weight is 351 g/mol. The van der Waals surface area contributed by atoms with E-state index in [-0.39, 0.29) is 0 Å². The normalized spacial score (nSPS) is 10.8. The van der Waals surface area contributed by atoms with Crippen LogP contribution in [0.15, 0.2) is 79.0 Å². The minimum atomic E-state index is 0.739. The first-order chi connectivity index (χ1) is 13.2. The number of aromatic nitrogens is 2. The molecule has 0 saturated carbocycles. The van der Waals surface area contributed by atoms with Gasteiger partial charge in [-0.25, -0.2) is 4.98 Å². The summed E-state index contributed by atoms with van der Waals surface area (Å²) in [5.74, 6) is 6.46. The Morgan fingerprint density at radius 2 is 1.52 bits per heavy atom. The van der Waals surface area contributed by atoms with E-state index in [1.807, 2.05) is 50.5 Å². The van der Waals surface area contributed by atoms with Crippen LogP contribution >= 0.6 is 0 Å². The molecular weight excluding hydrogens is 330 g/mol. The Hall–Kier alpha value is -3.35. The fourth-order valence-electron chi connectivity index (χ4n) is 3.09. The maximum Gasteiger partial charge on any atom is 0.138 e. The number of pyridine rings is 1. The number of rotatable bonds is 3. The molecule has 0 saturated heterocycles. The second kappa shape index (κ2) is 7.49. The molecule has 0 N–H and O–H groups in total. The highest BCUT2D eigenvalue weighted by molar-refractivity contribution is 5.82. The largest absolute Gasteiger partial charge is 0.299 e. The Labute approximate surface area is 159 Å². The van der Waals surface area contributed by atoms with Crippen molar-refractivity contribution >= 4 is 5.65 Å². The summed E-state index contributed by atoms with van der Waals surface area (Å²) in [4.78, 5) is 6.98. The van der Waals surface area contributed by atoms with Crippen molar-refractivity contribution in [1.82, 2.24) is 14.3 Å². The van der Waals surface area contributed by atoms with Crippen LogP contribution < -0.4 is 0 Å². The monoisotopic (exact) mass is 351 g/mol. The molecule has 0 amide bonds. The third kappa shape index (κ3) is 3.62. The number of imidazole rings is 1. The summed E-state index contributed by atoms with van der Waals surface area (Å²) < 4.78 is 2.15. The van der Waals surface area contributed by atoms with Crippen molar-refractivity contribution in [3.05, 3.63) is 84.6 Å². The van der Waals surface area contributed by atoms with Gasteiger partial charge in [0, 0.05) is 22.9 Å². The van der Waals surface area contributed by atoms with E-state index in [4.69, 9.17) is 4.98 Å². The number of benzene rings is 2. The molecule has 0 aliphatic heterocycles. The molecule has 0 aliphatic carbocycles. The van der Waals surface area contributed by atoms with E-state index in [2.05, 4.69) is 63.7 Å². The van der Waals surface area contributed by atoms with E-state index in [9.17, 15) is 0 Å². The summed E-state index contributed by atoms with van der Waals surface area (Å²) in [5.41, 5.74) is 6.24. The highest BCUT2D eigenvalue weighted by atomic mass is 15.0.